The topological polar surface area (TPSA) is 70.5 Å². The van der Waals surface area contributed by atoms with Crippen molar-refractivity contribution in [1.29, 1.82) is 0 Å². The van der Waals surface area contributed by atoms with E-state index in [0.29, 0.717) is 4.31 Å². The molecule has 0 atom stereocenters. The van der Waals surface area contributed by atoms with Crippen LogP contribution in [-0.4, -0.2) is 41.8 Å². The summed E-state index contributed by atoms with van der Waals surface area (Å²) in [5.74, 6) is -3.31. The van der Waals surface area contributed by atoms with Gasteiger partial charge in [0.2, 0.25) is 10.0 Å². The Morgan fingerprint density at radius 1 is 1.41 bits per heavy atom. The zero-order valence-corrected chi connectivity index (χ0v) is 9.49. The van der Waals surface area contributed by atoms with Crippen molar-refractivity contribution in [2.75, 3.05) is 13.1 Å². The summed E-state index contributed by atoms with van der Waals surface area (Å²) in [6, 6.07) is 0.985. The molecule has 8 heteroatoms. The summed E-state index contributed by atoms with van der Waals surface area (Å²) in [6.45, 7) is -1.06. The average molecular weight is 264 g/mol. The highest BCUT2D eigenvalue weighted by atomic mass is 32.2. The summed E-state index contributed by atoms with van der Waals surface area (Å²) >= 11 is 0. The molecule has 1 aromatic rings. The molecular formula is C9H10F2N2O3S. The summed E-state index contributed by atoms with van der Waals surface area (Å²) in [5, 5.41) is 9.13. The number of alkyl halides is 2. The van der Waals surface area contributed by atoms with E-state index in [2.05, 4.69) is 4.98 Å². The van der Waals surface area contributed by atoms with Crippen molar-refractivity contribution in [1.82, 2.24) is 9.29 Å². The van der Waals surface area contributed by atoms with Gasteiger partial charge in [0.05, 0.1) is 12.7 Å². The van der Waals surface area contributed by atoms with Gasteiger partial charge in [-0.1, -0.05) is 0 Å². The maximum absolute atomic E-state index is 12.9. The number of aromatic nitrogens is 1. The van der Waals surface area contributed by atoms with Crippen LogP contribution in [0.5, 0.6) is 5.75 Å². The van der Waals surface area contributed by atoms with Crippen molar-refractivity contribution in [3.05, 3.63) is 18.5 Å². The number of hydrogen-bond donors (Lipinski definition) is 1. The molecule has 0 saturated carbocycles. The van der Waals surface area contributed by atoms with Crippen molar-refractivity contribution in [3.8, 4) is 5.75 Å². The third-order valence-corrected chi connectivity index (χ3v) is 4.28. The molecule has 1 aliphatic heterocycles. The largest absolute Gasteiger partial charge is 0.506 e. The highest BCUT2D eigenvalue weighted by Gasteiger charge is 2.43. The Balaban J connectivity index is 2.32. The quantitative estimate of drug-likeness (QED) is 0.858. The van der Waals surface area contributed by atoms with Gasteiger partial charge in [-0.05, 0) is 0 Å². The first-order chi connectivity index (χ1) is 7.81. The van der Waals surface area contributed by atoms with Crippen molar-refractivity contribution < 1.29 is 22.3 Å². The first-order valence-corrected chi connectivity index (χ1v) is 6.27. The number of sulfonamides is 1. The van der Waals surface area contributed by atoms with Gasteiger partial charge in [-0.3, -0.25) is 4.98 Å². The van der Waals surface area contributed by atoms with Crippen molar-refractivity contribution in [3.63, 3.8) is 0 Å². The van der Waals surface area contributed by atoms with E-state index in [4.69, 9.17) is 5.11 Å². The molecule has 0 bridgehead atoms. The average Bonchev–Trinajstić information content (AvgIpc) is 2.59. The lowest BCUT2D eigenvalue weighted by atomic mass is 10.3. The second-order valence-electron chi connectivity index (χ2n) is 3.82. The summed E-state index contributed by atoms with van der Waals surface area (Å²) in [5.41, 5.74) is 0. The van der Waals surface area contributed by atoms with Crippen LogP contribution in [0.15, 0.2) is 23.4 Å². The molecular weight excluding hydrogens is 254 g/mol. The number of hydrogen-bond acceptors (Lipinski definition) is 4. The van der Waals surface area contributed by atoms with Gasteiger partial charge in [-0.15, -0.1) is 0 Å². The molecule has 2 rings (SSSR count). The Morgan fingerprint density at radius 2 is 2.12 bits per heavy atom. The minimum absolute atomic E-state index is 0.231. The summed E-state index contributed by atoms with van der Waals surface area (Å²) in [4.78, 5) is 3.23. The Bertz CT molecular complexity index is 533. The Morgan fingerprint density at radius 3 is 2.65 bits per heavy atom. The molecule has 5 nitrogen and oxygen atoms in total. The van der Waals surface area contributed by atoms with Gasteiger partial charge >= 0.3 is 0 Å². The third-order valence-electron chi connectivity index (χ3n) is 2.47. The van der Waals surface area contributed by atoms with Crippen LogP contribution in [0.25, 0.3) is 0 Å². The van der Waals surface area contributed by atoms with Gasteiger partial charge in [0.25, 0.3) is 5.92 Å². The molecule has 94 valence electrons. The number of pyridine rings is 1. The van der Waals surface area contributed by atoms with Crippen LogP contribution < -0.4 is 0 Å². The zero-order chi connectivity index (χ0) is 12.7. The van der Waals surface area contributed by atoms with Crippen LogP contribution >= 0.6 is 0 Å². The highest BCUT2D eigenvalue weighted by molar-refractivity contribution is 7.89. The molecule has 1 fully saturated rings. The molecule has 0 spiro atoms. The van der Waals surface area contributed by atoms with E-state index in [1.807, 2.05) is 0 Å². The molecule has 1 saturated heterocycles. The standard InChI is InChI=1S/C9H10F2N2O3S/c10-9(11)1-2-13(6-9)17(15,16)8-3-7(14)4-12-5-8/h3-5,14H,1-2,6H2. The number of nitrogens with zero attached hydrogens (tertiary/aromatic N) is 2. The fourth-order valence-corrected chi connectivity index (χ4v) is 3.06. The molecule has 1 aliphatic rings. The first-order valence-electron chi connectivity index (χ1n) is 4.83. The van der Waals surface area contributed by atoms with Gasteiger partial charge < -0.3 is 5.11 Å². The molecule has 17 heavy (non-hydrogen) atoms. The molecule has 2 heterocycles. The normalized spacial score (nSPS) is 20.6. The molecule has 0 amide bonds. The van der Waals surface area contributed by atoms with E-state index in [1.54, 1.807) is 0 Å². The predicted octanol–water partition coefficient (Wildman–Crippen LogP) is 0.817. The highest BCUT2D eigenvalue weighted by Crippen LogP contribution is 2.31. The van der Waals surface area contributed by atoms with E-state index in [9.17, 15) is 17.2 Å². The molecule has 0 radical (unpaired) electrons. The van der Waals surface area contributed by atoms with Crippen LogP contribution in [0.1, 0.15) is 6.42 Å². The summed E-state index contributed by atoms with van der Waals surface area (Å²) < 4.78 is 50.4. The Hall–Kier alpha value is -1.28. The van der Waals surface area contributed by atoms with Crippen molar-refractivity contribution >= 4 is 10.0 Å². The maximum atomic E-state index is 12.9. The molecule has 0 aliphatic carbocycles. The van der Waals surface area contributed by atoms with Crippen LogP contribution in [0, 0.1) is 0 Å². The SMILES string of the molecule is O=S(=O)(c1cncc(O)c1)N1CCC(F)(F)C1. The monoisotopic (exact) mass is 264 g/mol. The minimum atomic E-state index is -4.00. The second kappa shape index (κ2) is 3.88. The van der Waals surface area contributed by atoms with Crippen LogP contribution in [0.3, 0.4) is 0 Å². The lowest BCUT2D eigenvalue weighted by Crippen LogP contribution is -2.31. The molecule has 1 aromatic heterocycles. The van der Waals surface area contributed by atoms with Crippen LogP contribution in [0.4, 0.5) is 8.78 Å². The molecule has 1 N–H and O–H groups in total. The Labute approximate surface area is 96.8 Å². The van der Waals surface area contributed by atoms with E-state index < -0.39 is 28.9 Å². The zero-order valence-electron chi connectivity index (χ0n) is 8.68. The van der Waals surface area contributed by atoms with Crippen molar-refractivity contribution in [2.45, 2.75) is 17.2 Å². The molecule has 0 unspecified atom stereocenters. The van der Waals surface area contributed by atoms with E-state index >= 15 is 0 Å². The fraction of sp³-hybridized carbons (Fsp3) is 0.444. The number of halogens is 2. The van der Waals surface area contributed by atoms with Gasteiger partial charge in [-0.25, -0.2) is 17.2 Å². The number of aromatic hydroxyl groups is 1. The lowest BCUT2D eigenvalue weighted by molar-refractivity contribution is 0.0183. The van der Waals surface area contributed by atoms with Crippen LogP contribution in [-0.2, 0) is 10.0 Å². The van der Waals surface area contributed by atoms with Gasteiger partial charge in [0.1, 0.15) is 10.6 Å². The van der Waals surface area contributed by atoms with E-state index in [1.165, 1.54) is 0 Å². The van der Waals surface area contributed by atoms with E-state index in [0.717, 1.165) is 18.5 Å². The van der Waals surface area contributed by atoms with Gasteiger partial charge in [0.15, 0.2) is 0 Å². The summed E-state index contributed by atoms with van der Waals surface area (Å²) in [6.07, 6.45) is 1.60. The van der Waals surface area contributed by atoms with E-state index in [-0.39, 0.29) is 17.2 Å². The minimum Gasteiger partial charge on any atom is -0.506 e. The third kappa shape index (κ3) is 2.37. The van der Waals surface area contributed by atoms with Gasteiger partial charge in [0, 0.05) is 25.2 Å². The van der Waals surface area contributed by atoms with Crippen molar-refractivity contribution in [2.24, 2.45) is 0 Å². The molecule has 0 aromatic carbocycles. The van der Waals surface area contributed by atoms with Gasteiger partial charge in [-0.2, -0.15) is 4.31 Å². The fourth-order valence-electron chi connectivity index (χ4n) is 1.61. The first kappa shape index (κ1) is 12.2. The lowest BCUT2D eigenvalue weighted by Gasteiger charge is -2.15. The second-order valence-corrected chi connectivity index (χ2v) is 5.76. The predicted molar refractivity (Wildman–Crippen MR) is 54.2 cm³/mol. The summed E-state index contributed by atoms with van der Waals surface area (Å²) in [7, 11) is -4.00. The maximum Gasteiger partial charge on any atom is 0.262 e. The smallest absolute Gasteiger partial charge is 0.262 e. The Kier molecular flexibility index (Phi) is 2.78. The van der Waals surface area contributed by atoms with Crippen LogP contribution in [0.2, 0.25) is 0 Å². The number of rotatable bonds is 2.